The Labute approximate surface area is 125 Å². The van der Waals surface area contributed by atoms with Crippen molar-refractivity contribution in [3.05, 3.63) is 29.8 Å². The molecule has 0 spiro atoms. The van der Waals surface area contributed by atoms with Crippen LogP contribution in [0.4, 0.5) is 5.69 Å². The molecule has 21 heavy (non-hydrogen) atoms. The first-order valence-corrected chi connectivity index (χ1v) is 7.50. The van der Waals surface area contributed by atoms with Gasteiger partial charge in [0.25, 0.3) is 11.8 Å². The van der Waals surface area contributed by atoms with E-state index in [9.17, 15) is 9.59 Å². The molecule has 2 N–H and O–H groups in total. The van der Waals surface area contributed by atoms with Crippen LogP contribution in [0, 0.1) is 6.92 Å². The molecule has 1 heterocycles. The van der Waals surface area contributed by atoms with Crippen LogP contribution < -0.4 is 10.2 Å². The molecule has 0 radical (unpaired) electrons. The molecule has 0 aliphatic carbocycles. The van der Waals surface area contributed by atoms with Gasteiger partial charge in [-0.2, -0.15) is 0 Å². The minimum Gasteiger partial charge on any atom is -0.338 e. The molecule has 0 bridgehead atoms. The van der Waals surface area contributed by atoms with Crippen LogP contribution in [-0.4, -0.2) is 49.9 Å². The largest absolute Gasteiger partial charge is 0.338 e. The Balaban J connectivity index is 1.76. The Bertz CT molecular complexity index is 493. The average molecular weight is 290 g/mol. The molecule has 0 saturated carbocycles. The van der Waals surface area contributed by atoms with Gasteiger partial charge in [0.2, 0.25) is 0 Å². The third-order valence-corrected chi connectivity index (χ3v) is 3.71. The van der Waals surface area contributed by atoms with E-state index in [2.05, 4.69) is 5.32 Å². The molecular weight excluding hydrogens is 266 g/mol. The number of anilines is 1. The van der Waals surface area contributed by atoms with Crippen LogP contribution in [0.5, 0.6) is 0 Å². The molecule has 2 amide bonds. The van der Waals surface area contributed by atoms with Gasteiger partial charge in [-0.15, -0.1) is 0 Å². The van der Waals surface area contributed by atoms with Gasteiger partial charge in [-0.05, 0) is 31.9 Å². The van der Waals surface area contributed by atoms with E-state index in [1.165, 1.54) is 0 Å². The topological polar surface area (TPSA) is 53.9 Å². The van der Waals surface area contributed by atoms with E-state index in [0.29, 0.717) is 13.1 Å². The maximum Gasteiger partial charge on any atom is 0.279 e. The van der Waals surface area contributed by atoms with Crippen molar-refractivity contribution in [2.24, 2.45) is 0 Å². The number of amides is 2. The van der Waals surface area contributed by atoms with E-state index in [0.717, 1.165) is 42.1 Å². The van der Waals surface area contributed by atoms with Crippen molar-refractivity contribution in [1.82, 2.24) is 4.90 Å². The highest BCUT2D eigenvalue weighted by Gasteiger charge is 2.22. The maximum atomic E-state index is 12.0. The molecule has 1 unspecified atom stereocenters. The second-order valence-corrected chi connectivity index (χ2v) is 5.81. The van der Waals surface area contributed by atoms with Gasteiger partial charge >= 0.3 is 0 Å². The maximum absolute atomic E-state index is 12.0. The summed E-state index contributed by atoms with van der Waals surface area (Å²) < 4.78 is 0. The summed E-state index contributed by atoms with van der Waals surface area (Å²) >= 11 is 0. The Morgan fingerprint density at radius 1 is 1.14 bits per heavy atom. The van der Waals surface area contributed by atoms with E-state index in [1.54, 1.807) is 0 Å². The second-order valence-electron chi connectivity index (χ2n) is 5.81. The number of carbonyl (C=O) groups excluding carboxylic acids is 2. The summed E-state index contributed by atoms with van der Waals surface area (Å²) in [7, 11) is 1.88. The fraction of sp³-hybridized carbons (Fsp3) is 0.500. The van der Waals surface area contributed by atoms with Crippen LogP contribution in [0.15, 0.2) is 24.3 Å². The number of likely N-dealkylation sites (N-methyl/N-ethyl adjacent to an activating group) is 1. The van der Waals surface area contributed by atoms with Crippen molar-refractivity contribution in [2.75, 3.05) is 38.5 Å². The normalized spacial score (nSPS) is 15.8. The summed E-state index contributed by atoms with van der Waals surface area (Å²) in [4.78, 5) is 26.8. The zero-order chi connectivity index (χ0) is 15.2. The SMILES string of the molecule is Cc1ccc(NC(=O)C[NH+](C)CC(=O)N2CCCC2)cc1. The van der Waals surface area contributed by atoms with Crippen molar-refractivity contribution in [1.29, 1.82) is 0 Å². The van der Waals surface area contributed by atoms with Crippen LogP contribution in [0.25, 0.3) is 0 Å². The van der Waals surface area contributed by atoms with E-state index in [4.69, 9.17) is 0 Å². The molecule has 5 heteroatoms. The molecule has 114 valence electrons. The zero-order valence-electron chi connectivity index (χ0n) is 12.8. The monoisotopic (exact) mass is 290 g/mol. The third-order valence-electron chi connectivity index (χ3n) is 3.71. The van der Waals surface area contributed by atoms with E-state index >= 15 is 0 Å². The number of hydrogen-bond acceptors (Lipinski definition) is 2. The van der Waals surface area contributed by atoms with Gasteiger partial charge in [0.15, 0.2) is 13.1 Å². The van der Waals surface area contributed by atoms with Crippen LogP contribution in [-0.2, 0) is 9.59 Å². The molecule has 1 atom stereocenters. The first kappa shape index (κ1) is 15.5. The molecule has 5 nitrogen and oxygen atoms in total. The smallest absolute Gasteiger partial charge is 0.279 e. The number of likely N-dealkylation sites (tertiary alicyclic amines) is 1. The lowest BCUT2D eigenvalue weighted by Gasteiger charge is -2.18. The number of benzene rings is 1. The first-order valence-electron chi connectivity index (χ1n) is 7.50. The molecule has 1 saturated heterocycles. The summed E-state index contributed by atoms with van der Waals surface area (Å²) in [5.41, 5.74) is 1.95. The molecule has 1 aliphatic rings. The lowest BCUT2D eigenvalue weighted by Crippen LogP contribution is -3.11. The average Bonchev–Trinajstić information content (AvgIpc) is 2.95. The molecule has 0 aromatic heterocycles. The molecule has 1 aromatic carbocycles. The summed E-state index contributed by atoms with van der Waals surface area (Å²) in [6.45, 7) is 4.41. The van der Waals surface area contributed by atoms with Crippen molar-refractivity contribution in [3.63, 3.8) is 0 Å². The minimum absolute atomic E-state index is 0.0643. The van der Waals surface area contributed by atoms with Crippen LogP contribution in [0.3, 0.4) is 0 Å². The highest BCUT2D eigenvalue weighted by atomic mass is 16.2. The van der Waals surface area contributed by atoms with Crippen molar-refractivity contribution in [3.8, 4) is 0 Å². The van der Waals surface area contributed by atoms with E-state index in [1.807, 2.05) is 43.1 Å². The molecule has 1 aliphatic heterocycles. The summed E-state index contributed by atoms with van der Waals surface area (Å²) in [5.74, 6) is 0.0821. The number of carbonyl (C=O) groups is 2. The second kappa shape index (κ2) is 7.22. The highest BCUT2D eigenvalue weighted by molar-refractivity contribution is 5.91. The van der Waals surface area contributed by atoms with Crippen LogP contribution in [0.1, 0.15) is 18.4 Å². The summed E-state index contributed by atoms with van der Waals surface area (Å²) in [6, 6.07) is 7.70. The molecule has 2 rings (SSSR count). The predicted molar refractivity (Wildman–Crippen MR) is 82.2 cm³/mol. The number of quaternary nitrogens is 1. The van der Waals surface area contributed by atoms with Crippen molar-refractivity contribution >= 4 is 17.5 Å². The number of nitrogens with zero attached hydrogens (tertiary/aromatic N) is 1. The molecule has 1 fully saturated rings. The highest BCUT2D eigenvalue weighted by Crippen LogP contribution is 2.08. The zero-order valence-corrected chi connectivity index (χ0v) is 12.8. The summed E-state index contributed by atoms with van der Waals surface area (Å²) in [6.07, 6.45) is 2.19. The standard InChI is InChI=1S/C16H23N3O2/c1-13-5-7-14(8-6-13)17-15(20)11-18(2)12-16(21)19-9-3-4-10-19/h5-8H,3-4,9-12H2,1-2H3,(H,17,20)/p+1. The van der Waals surface area contributed by atoms with Gasteiger partial charge in [-0.25, -0.2) is 0 Å². The number of aryl methyl sites for hydroxylation is 1. The Kier molecular flexibility index (Phi) is 5.33. The lowest BCUT2D eigenvalue weighted by atomic mass is 10.2. The van der Waals surface area contributed by atoms with Crippen molar-refractivity contribution in [2.45, 2.75) is 19.8 Å². The predicted octanol–water partition coefficient (Wildman–Crippen LogP) is 0.0706. The first-order chi connectivity index (χ1) is 10.0. The van der Waals surface area contributed by atoms with Gasteiger partial charge in [-0.3, -0.25) is 9.59 Å². The van der Waals surface area contributed by atoms with Crippen LogP contribution in [0.2, 0.25) is 0 Å². The Morgan fingerprint density at radius 2 is 1.76 bits per heavy atom. The fourth-order valence-corrected chi connectivity index (χ4v) is 2.52. The van der Waals surface area contributed by atoms with E-state index < -0.39 is 0 Å². The van der Waals surface area contributed by atoms with Crippen LogP contribution >= 0.6 is 0 Å². The molecular formula is C16H24N3O2+. The molecule has 1 aromatic rings. The van der Waals surface area contributed by atoms with Crippen molar-refractivity contribution < 1.29 is 14.5 Å². The van der Waals surface area contributed by atoms with Gasteiger partial charge in [0.1, 0.15) is 0 Å². The Hall–Kier alpha value is -1.88. The van der Waals surface area contributed by atoms with Gasteiger partial charge < -0.3 is 15.1 Å². The van der Waals surface area contributed by atoms with Gasteiger partial charge in [0.05, 0.1) is 7.05 Å². The minimum atomic E-state index is -0.0643. The lowest BCUT2D eigenvalue weighted by molar-refractivity contribution is -0.862. The number of hydrogen-bond donors (Lipinski definition) is 2. The number of rotatable bonds is 5. The Morgan fingerprint density at radius 3 is 2.38 bits per heavy atom. The van der Waals surface area contributed by atoms with Gasteiger partial charge in [0, 0.05) is 18.8 Å². The fourth-order valence-electron chi connectivity index (χ4n) is 2.52. The summed E-state index contributed by atoms with van der Waals surface area (Å²) in [5, 5.41) is 2.86. The van der Waals surface area contributed by atoms with Gasteiger partial charge in [-0.1, -0.05) is 17.7 Å². The number of nitrogens with one attached hydrogen (secondary N) is 2. The van der Waals surface area contributed by atoms with E-state index in [-0.39, 0.29) is 11.8 Å². The quantitative estimate of drug-likeness (QED) is 0.806. The third kappa shape index (κ3) is 4.86.